The molecule has 0 aliphatic carbocycles. The summed E-state index contributed by atoms with van der Waals surface area (Å²) in [7, 11) is 0. The number of hydrogen-bond donors (Lipinski definition) is 1. The minimum atomic E-state index is 0. The number of hydrogen-bond acceptors (Lipinski definition) is 2. The standard InChI is InChI=1S/C15H22N2O.ClH/c1-3-15(18)17(13-7-9-16-10-8-13)14-6-4-5-12(2)11-14;/h4-6,11,13,16H,3,7-10H2,1-2H3;1H. The number of carbonyl (C=O) groups excluding carboxylic acids is 1. The number of rotatable bonds is 3. The molecular formula is C15H23ClN2O. The highest BCUT2D eigenvalue weighted by Crippen LogP contribution is 2.23. The molecule has 3 nitrogen and oxygen atoms in total. The number of halogens is 1. The number of nitrogens with one attached hydrogen (secondary N) is 1. The first-order chi connectivity index (χ1) is 8.72. The van der Waals surface area contributed by atoms with Crippen LogP contribution in [0, 0.1) is 6.92 Å². The van der Waals surface area contributed by atoms with Crippen LogP contribution < -0.4 is 10.2 Å². The third kappa shape index (κ3) is 3.95. The summed E-state index contributed by atoms with van der Waals surface area (Å²) in [6.45, 7) is 6.01. The Morgan fingerprint density at radius 2 is 2.05 bits per heavy atom. The van der Waals surface area contributed by atoms with Crippen molar-refractivity contribution in [3.05, 3.63) is 29.8 Å². The van der Waals surface area contributed by atoms with Gasteiger partial charge in [0.2, 0.25) is 5.91 Å². The molecule has 0 aromatic heterocycles. The lowest BCUT2D eigenvalue weighted by Gasteiger charge is -2.34. The van der Waals surface area contributed by atoms with E-state index < -0.39 is 0 Å². The van der Waals surface area contributed by atoms with Crippen LogP contribution in [-0.4, -0.2) is 25.0 Å². The molecule has 1 aliphatic rings. The van der Waals surface area contributed by atoms with Gasteiger partial charge in [0.05, 0.1) is 0 Å². The van der Waals surface area contributed by atoms with Gasteiger partial charge in [0.25, 0.3) is 0 Å². The molecule has 0 bridgehead atoms. The van der Waals surface area contributed by atoms with Crippen molar-refractivity contribution < 1.29 is 4.79 Å². The Hall–Kier alpha value is -1.06. The molecule has 1 aliphatic heterocycles. The number of nitrogens with zero attached hydrogens (tertiary/aromatic N) is 1. The first-order valence-corrected chi connectivity index (χ1v) is 6.82. The molecule has 19 heavy (non-hydrogen) atoms. The van der Waals surface area contributed by atoms with Crippen molar-refractivity contribution in [2.45, 2.75) is 39.2 Å². The molecule has 1 N–H and O–H groups in total. The topological polar surface area (TPSA) is 32.3 Å². The summed E-state index contributed by atoms with van der Waals surface area (Å²) < 4.78 is 0. The van der Waals surface area contributed by atoms with Crippen LogP contribution in [0.15, 0.2) is 24.3 Å². The summed E-state index contributed by atoms with van der Waals surface area (Å²) in [4.78, 5) is 14.2. The molecule has 0 radical (unpaired) electrons. The number of piperidine rings is 1. The number of aryl methyl sites for hydroxylation is 1. The van der Waals surface area contributed by atoms with Crippen LogP contribution in [0.5, 0.6) is 0 Å². The zero-order valence-electron chi connectivity index (χ0n) is 11.7. The van der Waals surface area contributed by atoms with Crippen molar-refractivity contribution in [2.75, 3.05) is 18.0 Å². The average molecular weight is 283 g/mol. The smallest absolute Gasteiger partial charge is 0.226 e. The van der Waals surface area contributed by atoms with E-state index in [1.54, 1.807) is 0 Å². The summed E-state index contributed by atoms with van der Waals surface area (Å²) in [5.74, 6) is 0.229. The fourth-order valence-corrected chi connectivity index (χ4v) is 2.57. The van der Waals surface area contributed by atoms with Gasteiger partial charge in [-0.2, -0.15) is 0 Å². The number of amides is 1. The molecule has 2 rings (SSSR count). The van der Waals surface area contributed by atoms with Crippen molar-refractivity contribution in [1.29, 1.82) is 0 Å². The van der Waals surface area contributed by atoms with Crippen LogP contribution >= 0.6 is 12.4 Å². The highest BCUT2D eigenvalue weighted by atomic mass is 35.5. The quantitative estimate of drug-likeness (QED) is 0.924. The number of benzene rings is 1. The van der Waals surface area contributed by atoms with E-state index in [-0.39, 0.29) is 18.3 Å². The van der Waals surface area contributed by atoms with Crippen molar-refractivity contribution in [3.63, 3.8) is 0 Å². The first-order valence-electron chi connectivity index (χ1n) is 6.82. The SMILES string of the molecule is CCC(=O)N(c1cccc(C)c1)C1CCNCC1.Cl. The second kappa shape index (κ2) is 7.51. The third-order valence-corrected chi connectivity index (χ3v) is 3.52. The van der Waals surface area contributed by atoms with Gasteiger partial charge >= 0.3 is 0 Å². The summed E-state index contributed by atoms with van der Waals surface area (Å²) >= 11 is 0. The Labute approximate surface area is 121 Å². The van der Waals surface area contributed by atoms with Crippen LogP contribution in [-0.2, 0) is 4.79 Å². The molecule has 1 saturated heterocycles. The Morgan fingerprint density at radius 1 is 1.37 bits per heavy atom. The van der Waals surface area contributed by atoms with Gasteiger partial charge in [0, 0.05) is 18.2 Å². The maximum absolute atomic E-state index is 12.2. The second-order valence-corrected chi connectivity index (χ2v) is 4.94. The highest BCUT2D eigenvalue weighted by molar-refractivity contribution is 5.93. The lowest BCUT2D eigenvalue weighted by molar-refractivity contribution is -0.118. The van der Waals surface area contributed by atoms with Gasteiger partial charge in [0.1, 0.15) is 0 Å². The third-order valence-electron chi connectivity index (χ3n) is 3.52. The van der Waals surface area contributed by atoms with E-state index in [9.17, 15) is 4.79 Å². The summed E-state index contributed by atoms with van der Waals surface area (Å²) in [5, 5.41) is 3.35. The Kier molecular flexibility index (Phi) is 6.32. The lowest BCUT2D eigenvalue weighted by atomic mass is 10.0. The second-order valence-electron chi connectivity index (χ2n) is 4.94. The van der Waals surface area contributed by atoms with E-state index in [1.807, 2.05) is 24.0 Å². The Morgan fingerprint density at radius 3 is 2.63 bits per heavy atom. The molecule has 1 amide bonds. The highest BCUT2D eigenvalue weighted by Gasteiger charge is 2.25. The van der Waals surface area contributed by atoms with Crippen molar-refractivity contribution in [3.8, 4) is 0 Å². The largest absolute Gasteiger partial charge is 0.317 e. The van der Waals surface area contributed by atoms with Crippen molar-refractivity contribution in [2.24, 2.45) is 0 Å². The van der Waals surface area contributed by atoms with Crippen LogP contribution in [0.2, 0.25) is 0 Å². The minimum absolute atomic E-state index is 0. The normalized spacial score (nSPS) is 15.7. The molecular weight excluding hydrogens is 260 g/mol. The van der Waals surface area contributed by atoms with E-state index in [4.69, 9.17) is 0 Å². The molecule has 1 fully saturated rings. The van der Waals surface area contributed by atoms with Crippen LogP contribution in [0.3, 0.4) is 0 Å². The van der Waals surface area contributed by atoms with Gasteiger partial charge in [-0.15, -0.1) is 12.4 Å². The Bertz CT molecular complexity index is 416. The van der Waals surface area contributed by atoms with E-state index in [1.165, 1.54) is 5.56 Å². The fraction of sp³-hybridized carbons (Fsp3) is 0.533. The fourth-order valence-electron chi connectivity index (χ4n) is 2.57. The zero-order chi connectivity index (χ0) is 13.0. The minimum Gasteiger partial charge on any atom is -0.317 e. The molecule has 1 aromatic rings. The summed E-state index contributed by atoms with van der Waals surface area (Å²) in [6, 6.07) is 8.60. The maximum Gasteiger partial charge on any atom is 0.226 e. The van der Waals surface area contributed by atoms with E-state index >= 15 is 0 Å². The molecule has 0 spiro atoms. The first kappa shape index (κ1) is 16.0. The van der Waals surface area contributed by atoms with Crippen LogP contribution in [0.1, 0.15) is 31.7 Å². The predicted octanol–water partition coefficient (Wildman–Crippen LogP) is 2.91. The lowest BCUT2D eigenvalue weighted by Crippen LogP contribution is -2.46. The average Bonchev–Trinajstić information content (AvgIpc) is 2.40. The van der Waals surface area contributed by atoms with Crippen LogP contribution in [0.4, 0.5) is 5.69 Å². The summed E-state index contributed by atoms with van der Waals surface area (Å²) in [5.41, 5.74) is 2.25. The molecule has 106 valence electrons. The van der Waals surface area contributed by atoms with E-state index in [2.05, 4.69) is 24.4 Å². The van der Waals surface area contributed by atoms with Gasteiger partial charge in [-0.25, -0.2) is 0 Å². The van der Waals surface area contributed by atoms with E-state index in [0.717, 1.165) is 31.6 Å². The van der Waals surface area contributed by atoms with Gasteiger partial charge < -0.3 is 10.2 Å². The predicted molar refractivity (Wildman–Crippen MR) is 82.1 cm³/mol. The molecule has 1 aromatic carbocycles. The summed E-state index contributed by atoms with van der Waals surface area (Å²) in [6.07, 6.45) is 2.65. The van der Waals surface area contributed by atoms with Crippen LogP contribution in [0.25, 0.3) is 0 Å². The van der Waals surface area contributed by atoms with Crippen molar-refractivity contribution >= 4 is 24.0 Å². The van der Waals surface area contributed by atoms with Gasteiger partial charge in [0.15, 0.2) is 0 Å². The Balaban J connectivity index is 0.00000180. The molecule has 0 unspecified atom stereocenters. The van der Waals surface area contributed by atoms with Gasteiger partial charge in [-0.05, 0) is 50.6 Å². The van der Waals surface area contributed by atoms with Crippen molar-refractivity contribution in [1.82, 2.24) is 5.32 Å². The van der Waals surface area contributed by atoms with E-state index in [0.29, 0.717) is 12.5 Å². The monoisotopic (exact) mass is 282 g/mol. The maximum atomic E-state index is 12.2. The zero-order valence-corrected chi connectivity index (χ0v) is 12.5. The molecule has 0 atom stereocenters. The van der Waals surface area contributed by atoms with Gasteiger partial charge in [-0.1, -0.05) is 19.1 Å². The number of carbonyl (C=O) groups is 1. The number of anilines is 1. The van der Waals surface area contributed by atoms with Gasteiger partial charge in [-0.3, -0.25) is 4.79 Å². The molecule has 4 heteroatoms. The molecule has 1 heterocycles. The molecule has 0 saturated carbocycles.